The quantitative estimate of drug-likeness (QED) is 0.250. The third-order valence-corrected chi connectivity index (χ3v) is 3.89. The van der Waals surface area contributed by atoms with Crippen molar-refractivity contribution in [3.05, 3.63) is 0 Å². The van der Waals surface area contributed by atoms with Crippen LogP contribution in [0.3, 0.4) is 0 Å². The van der Waals surface area contributed by atoms with Gasteiger partial charge >= 0.3 is 0 Å². The van der Waals surface area contributed by atoms with E-state index in [-0.39, 0.29) is 11.8 Å². The van der Waals surface area contributed by atoms with Crippen LogP contribution < -0.4 is 10.9 Å². The van der Waals surface area contributed by atoms with Crippen molar-refractivity contribution in [2.45, 2.75) is 105 Å². The van der Waals surface area contributed by atoms with E-state index < -0.39 is 0 Å². The van der Waals surface area contributed by atoms with Crippen molar-refractivity contribution < 1.29 is 9.59 Å². The zero-order valence-electron chi connectivity index (χ0n) is 17.2. The molecule has 0 spiro atoms. The van der Waals surface area contributed by atoms with Crippen LogP contribution in [0.2, 0.25) is 0 Å². The molecule has 0 aliphatic heterocycles. The number of carbonyl (C=O) groups is 2. The molecule has 0 aromatic rings. The summed E-state index contributed by atoms with van der Waals surface area (Å²) in [5.41, 5.74) is 7.37. The molecule has 0 aromatic carbocycles. The Labute approximate surface area is 159 Å². The second kappa shape index (κ2) is 16.7. The largest absolute Gasteiger partial charge is 0.273 e. The Hall–Kier alpha value is -1.72. The molecule has 0 radical (unpaired) electrons. The van der Waals surface area contributed by atoms with Gasteiger partial charge in [0.2, 0.25) is 11.8 Å². The Morgan fingerprint density at radius 3 is 1.15 bits per heavy atom. The van der Waals surface area contributed by atoms with Crippen LogP contribution in [0.5, 0.6) is 0 Å². The van der Waals surface area contributed by atoms with Gasteiger partial charge in [-0.2, -0.15) is 10.2 Å². The zero-order chi connectivity index (χ0) is 19.6. The minimum atomic E-state index is -0.0821. The highest BCUT2D eigenvalue weighted by Gasteiger charge is 2.05. The minimum absolute atomic E-state index is 0.0821. The molecule has 0 saturated carbocycles. The molecule has 2 amide bonds. The second-order valence-corrected chi connectivity index (χ2v) is 6.63. The first-order valence-corrected chi connectivity index (χ1v) is 10.3. The molecule has 0 heterocycles. The fourth-order valence-electron chi connectivity index (χ4n) is 2.59. The van der Waals surface area contributed by atoms with E-state index in [1.807, 2.05) is 0 Å². The Bertz CT molecular complexity index is 401. The maximum Gasteiger partial charge on any atom is 0.240 e. The highest BCUT2D eigenvalue weighted by Crippen LogP contribution is 2.03. The van der Waals surface area contributed by atoms with Crippen molar-refractivity contribution in [2.24, 2.45) is 10.2 Å². The third kappa shape index (κ3) is 13.6. The zero-order valence-corrected chi connectivity index (χ0v) is 17.2. The average Bonchev–Trinajstić information content (AvgIpc) is 2.62. The number of hydrogen-bond acceptors (Lipinski definition) is 4. The molecule has 0 unspecified atom stereocenters. The smallest absolute Gasteiger partial charge is 0.240 e. The Morgan fingerprint density at radius 2 is 0.885 bits per heavy atom. The normalized spacial score (nSPS) is 10.2. The van der Waals surface area contributed by atoms with Gasteiger partial charge in [0.1, 0.15) is 0 Å². The SMILES string of the molecule is CCCC(CCC)=NNC(=O)CCCCC(=O)NN=C(CCC)CCC. The molecular weight excluding hydrogens is 328 g/mol. The molecular formula is C20H38N4O2. The van der Waals surface area contributed by atoms with E-state index in [4.69, 9.17) is 0 Å². The first-order valence-electron chi connectivity index (χ1n) is 10.3. The summed E-state index contributed by atoms with van der Waals surface area (Å²) < 4.78 is 0. The number of amides is 2. The predicted octanol–water partition coefficient (Wildman–Crippen LogP) is 4.69. The van der Waals surface area contributed by atoms with Gasteiger partial charge in [0.25, 0.3) is 0 Å². The standard InChI is InChI=1S/C20H38N4O2/c1-5-11-17(12-6-2)21-23-19(25)15-9-10-16-20(26)24-22-18(13-7-3)14-8-4/h5-16H2,1-4H3,(H,23,25)(H,24,26). The van der Waals surface area contributed by atoms with Crippen LogP contribution in [0, 0.1) is 0 Å². The molecule has 0 aliphatic carbocycles. The van der Waals surface area contributed by atoms with E-state index in [1.165, 1.54) is 0 Å². The molecule has 0 fully saturated rings. The van der Waals surface area contributed by atoms with Gasteiger partial charge in [-0.05, 0) is 38.5 Å². The van der Waals surface area contributed by atoms with Crippen LogP contribution in [-0.4, -0.2) is 23.2 Å². The summed E-state index contributed by atoms with van der Waals surface area (Å²) in [6.07, 6.45) is 9.95. The lowest BCUT2D eigenvalue weighted by atomic mass is 10.1. The Morgan fingerprint density at radius 1 is 0.577 bits per heavy atom. The lowest BCUT2D eigenvalue weighted by Gasteiger charge is -2.06. The summed E-state index contributed by atoms with van der Waals surface area (Å²) in [4.78, 5) is 23.6. The summed E-state index contributed by atoms with van der Waals surface area (Å²) in [5.74, 6) is -0.164. The Kier molecular flexibility index (Phi) is 15.6. The van der Waals surface area contributed by atoms with Gasteiger partial charge in [0.15, 0.2) is 0 Å². The van der Waals surface area contributed by atoms with Crippen molar-refractivity contribution in [2.75, 3.05) is 0 Å². The van der Waals surface area contributed by atoms with Crippen molar-refractivity contribution >= 4 is 23.2 Å². The van der Waals surface area contributed by atoms with E-state index in [0.29, 0.717) is 25.7 Å². The first kappa shape index (κ1) is 24.3. The third-order valence-electron chi connectivity index (χ3n) is 3.89. The molecule has 26 heavy (non-hydrogen) atoms. The van der Waals surface area contributed by atoms with Crippen LogP contribution in [-0.2, 0) is 9.59 Å². The van der Waals surface area contributed by atoms with Crippen molar-refractivity contribution in [3.63, 3.8) is 0 Å². The molecule has 150 valence electrons. The van der Waals surface area contributed by atoms with Gasteiger partial charge < -0.3 is 0 Å². The molecule has 0 aliphatic rings. The summed E-state index contributed by atoms with van der Waals surface area (Å²) in [6.45, 7) is 8.43. The number of unbranched alkanes of at least 4 members (excludes halogenated alkanes) is 1. The van der Waals surface area contributed by atoms with E-state index in [0.717, 1.165) is 62.8 Å². The van der Waals surface area contributed by atoms with Gasteiger partial charge in [0, 0.05) is 24.3 Å². The van der Waals surface area contributed by atoms with E-state index in [9.17, 15) is 9.59 Å². The van der Waals surface area contributed by atoms with Gasteiger partial charge in [-0.25, -0.2) is 10.9 Å². The fourth-order valence-corrected chi connectivity index (χ4v) is 2.59. The lowest BCUT2D eigenvalue weighted by Crippen LogP contribution is -2.21. The number of hydrogen-bond donors (Lipinski definition) is 2. The van der Waals surface area contributed by atoms with Gasteiger partial charge in [-0.3, -0.25) is 9.59 Å². The van der Waals surface area contributed by atoms with Crippen LogP contribution in [0.1, 0.15) is 105 Å². The summed E-state index contributed by atoms with van der Waals surface area (Å²) in [6, 6.07) is 0. The van der Waals surface area contributed by atoms with E-state index in [1.54, 1.807) is 0 Å². The highest BCUT2D eigenvalue weighted by atomic mass is 16.2. The average molecular weight is 367 g/mol. The van der Waals surface area contributed by atoms with Gasteiger partial charge in [-0.15, -0.1) is 0 Å². The molecule has 6 heteroatoms. The lowest BCUT2D eigenvalue weighted by molar-refractivity contribution is -0.123. The molecule has 0 aromatic heterocycles. The maximum absolute atomic E-state index is 11.8. The van der Waals surface area contributed by atoms with Crippen molar-refractivity contribution in [1.82, 2.24) is 10.9 Å². The predicted molar refractivity (Wildman–Crippen MR) is 109 cm³/mol. The summed E-state index contributed by atoms with van der Waals surface area (Å²) in [7, 11) is 0. The van der Waals surface area contributed by atoms with Crippen LogP contribution >= 0.6 is 0 Å². The summed E-state index contributed by atoms with van der Waals surface area (Å²) >= 11 is 0. The number of nitrogens with one attached hydrogen (secondary N) is 2. The molecule has 0 saturated heterocycles. The van der Waals surface area contributed by atoms with E-state index in [2.05, 4.69) is 48.7 Å². The highest BCUT2D eigenvalue weighted by molar-refractivity contribution is 5.87. The number of rotatable bonds is 15. The molecule has 0 rings (SSSR count). The summed E-state index contributed by atoms with van der Waals surface area (Å²) in [5, 5.41) is 8.44. The maximum atomic E-state index is 11.8. The van der Waals surface area contributed by atoms with Crippen LogP contribution in [0.15, 0.2) is 10.2 Å². The number of hydrazone groups is 2. The van der Waals surface area contributed by atoms with E-state index >= 15 is 0 Å². The fraction of sp³-hybridized carbons (Fsp3) is 0.800. The molecule has 0 atom stereocenters. The number of nitrogens with zero attached hydrogens (tertiary/aromatic N) is 2. The monoisotopic (exact) mass is 366 g/mol. The minimum Gasteiger partial charge on any atom is -0.273 e. The van der Waals surface area contributed by atoms with Gasteiger partial charge in [0.05, 0.1) is 0 Å². The second-order valence-electron chi connectivity index (χ2n) is 6.63. The topological polar surface area (TPSA) is 82.9 Å². The Balaban J connectivity index is 4.02. The van der Waals surface area contributed by atoms with Crippen LogP contribution in [0.4, 0.5) is 0 Å². The number of carbonyl (C=O) groups excluding carboxylic acids is 2. The molecule has 2 N–H and O–H groups in total. The first-order chi connectivity index (χ1) is 12.6. The van der Waals surface area contributed by atoms with Crippen molar-refractivity contribution in [1.29, 1.82) is 0 Å². The van der Waals surface area contributed by atoms with Gasteiger partial charge in [-0.1, -0.05) is 53.4 Å². The molecule has 0 bridgehead atoms. The van der Waals surface area contributed by atoms with Crippen molar-refractivity contribution in [3.8, 4) is 0 Å². The molecule has 6 nitrogen and oxygen atoms in total. The van der Waals surface area contributed by atoms with Crippen LogP contribution in [0.25, 0.3) is 0 Å².